The van der Waals surface area contributed by atoms with E-state index in [0.717, 1.165) is 37.8 Å². The van der Waals surface area contributed by atoms with E-state index < -0.39 is 0 Å². The zero-order valence-corrected chi connectivity index (χ0v) is 14.2. The minimum absolute atomic E-state index is 0.628. The molecule has 3 rings (SSSR count). The summed E-state index contributed by atoms with van der Waals surface area (Å²) in [6, 6.07) is 3.42. The van der Waals surface area contributed by atoms with Crippen LogP contribution in [0.2, 0.25) is 0 Å². The van der Waals surface area contributed by atoms with Gasteiger partial charge in [-0.15, -0.1) is 0 Å². The Balaban J connectivity index is 1.69. The fourth-order valence-electron chi connectivity index (χ4n) is 3.43. The van der Waals surface area contributed by atoms with Crippen LogP contribution in [0.1, 0.15) is 12.8 Å². The standard InChI is InChI=1S/C16H28N6/c1-19(2)13-5-7-21(10-13)15-9-16(18-12-17-15)22-8-6-14(11-22)20(3)4/h9,12-14H,5-8,10-11H2,1-4H3/t13-,14-/m1/s1. The highest BCUT2D eigenvalue weighted by atomic mass is 15.3. The molecule has 0 spiro atoms. The largest absolute Gasteiger partial charge is 0.355 e. The number of aromatic nitrogens is 2. The molecule has 0 aromatic carbocycles. The zero-order valence-electron chi connectivity index (χ0n) is 14.2. The molecule has 2 fully saturated rings. The van der Waals surface area contributed by atoms with Gasteiger partial charge in [0.05, 0.1) is 0 Å². The van der Waals surface area contributed by atoms with Gasteiger partial charge in [-0.05, 0) is 41.0 Å². The third-order valence-corrected chi connectivity index (χ3v) is 5.07. The van der Waals surface area contributed by atoms with E-state index >= 15 is 0 Å². The van der Waals surface area contributed by atoms with E-state index in [1.54, 1.807) is 6.33 Å². The maximum atomic E-state index is 4.50. The van der Waals surface area contributed by atoms with Crippen LogP contribution in [0.15, 0.2) is 12.4 Å². The predicted molar refractivity (Wildman–Crippen MR) is 90.6 cm³/mol. The molecule has 0 radical (unpaired) electrons. The number of hydrogen-bond acceptors (Lipinski definition) is 6. The molecule has 122 valence electrons. The van der Waals surface area contributed by atoms with E-state index in [4.69, 9.17) is 0 Å². The highest BCUT2D eigenvalue weighted by Gasteiger charge is 2.27. The van der Waals surface area contributed by atoms with Crippen LogP contribution in [0, 0.1) is 0 Å². The van der Waals surface area contributed by atoms with E-state index in [1.165, 1.54) is 12.8 Å². The first kappa shape index (κ1) is 15.5. The van der Waals surface area contributed by atoms with Gasteiger partial charge in [0, 0.05) is 44.3 Å². The van der Waals surface area contributed by atoms with E-state index in [1.807, 2.05) is 0 Å². The molecule has 2 aliphatic rings. The smallest absolute Gasteiger partial charge is 0.134 e. The third kappa shape index (κ3) is 3.17. The Morgan fingerprint density at radius 3 is 1.68 bits per heavy atom. The number of likely N-dealkylation sites (N-methyl/N-ethyl adjacent to an activating group) is 2. The maximum Gasteiger partial charge on any atom is 0.134 e. The van der Waals surface area contributed by atoms with Gasteiger partial charge in [0.15, 0.2) is 0 Å². The van der Waals surface area contributed by atoms with Crippen LogP contribution in [-0.2, 0) is 0 Å². The highest BCUT2D eigenvalue weighted by molar-refractivity contribution is 5.51. The number of anilines is 2. The lowest BCUT2D eigenvalue weighted by atomic mass is 10.2. The van der Waals surface area contributed by atoms with Crippen LogP contribution in [0.4, 0.5) is 11.6 Å². The van der Waals surface area contributed by atoms with Crippen molar-refractivity contribution in [2.75, 3.05) is 64.2 Å². The molecule has 3 heterocycles. The van der Waals surface area contributed by atoms with Crippen LogP contribution >= 0.6 is 0 Å². The first-order valence-electron chi connectivity index (χ1n) is 8.19. The first-order valence-corrected chi connectivity index (χ1v) is 8.19. The molecule has 0 bridgehead atoms. The van der Waals surface area contributed by atoms with Crippen LogP contribution in [0.5, 0.6) is 0 Å². The SMILES string of the molecule is CN(C)[C@@H]1CCN(c2cc(N3CC[C@@H](N(C)C)C3)ncn2)C1. The van der Waals surface area contributed by atoms with Crippen molar-refractivity contribution in [1.82, 2.24) is 19.8 Å². The molecule has 1 aromatic rings. The topological polar surface area (TPSA) is 38.7 Å². The summed E-state index contributed by atoms with van der Waals surface area (Å²) in [7, 11) is 8.63. The summed E-state index contributed by atoms with van der Waals surface area (Å²) in [4.78, 5) is 18.4. The Kier molecular flexibility index (Phi) is 4.49. The molecule has 6 heteroatoms. The second kappa shape index (κ2) is 6.38. The molecule has 2 atom stereocenters. The third-order valence-electron chi connectivity index (χ3n) is 5.07. The second-order valence-corrected chi connectivity index (χ2v) is 6.94. The molecule has 0 amide bonds. The van der Waals surface area contributed by atoms with Crippen molar-refractivity contribution in [3.63, 3.8) is 0 Å². The molecule has 1 aromatic heterocycles. The maximum absolute atomic E-state index is 4.50. The summed E-state index contributed by atoms with van der Waals surface area (Å²) in [6.07, 6.45) is 4.13. The van der Waals surface area contributed by atoms with E-state index in [9.17, 15) is 0 Å². The Bertz CT molecular complexity index is 462. The fraction of sp³-hybridized carbons (Fsp3) is 0.750. The second-order valence-electron chi connectivity index (χ2n) is 6.94. The average Bonchev–Trinajstić information content (AvgIpc) is 3.17. The lowest BCUT2D eigenvalue weighted by molar-refractivity contribution is 0.315. The van der Waals surface area contributed by atoms with Crippen molar-refractivity contribution < 1.29 is 0 Å². The number of rotatable bonds is 4. The Labute approximate surface area is 133 Å². The van der Waals surface area contributed by atoms with Crippen molar-refractivity contribution in [3.05, 3.63) is 12.4 Å². The van der Waals surface area contributed by atoms with Gasteiger partial charge in [-0.2, -0.15) is 0 Å². The molecule has 0 saturated carbocycles. The molecule has 2 aliphatic heterocycles. The Hall–Kier alpha value is -1.40. The van der Waals surface area contributed by atoms with E-state index in [-0.39, 0.29) is 0 Å². The van der Waals surface area contributed by atoms with Crippen molar-refractivity contribution in [3.8, 4) is 0 Å². The summed E-state index contributed by atoms with van der Waals surface area (Å²) < 4.78 is 0. The Morgan fingerprint density at radius 1 is 0.864 bits per heavy atom. The first-order chi connectivity index (χ1) is 10.5. The van der Waals surface area contributed by atoms with Crippen molar-refractivity contribution >= 4 is 11.6 Å². The minimum Gasteiger partial charge on any atom is -0.355 e. The number of hydrogen-bond donors (Lipinski definition) is 0. The fourth-order valence-corrected chi connectivity index (χ4v) is 3.43. The van der Waals surface area contributed by atoms with Crippen molar-refractivity contribution in [2.24, 2.45) is 0 Å². The van der Waals surface area contributed by atoms with Gasteiger partial charge < -0.3 is 19.6 Å². The van der Waals surface area contributed by atoms with Crippen LogP contribution in [-0.4, -0.2) is 86.2 Å². The monoisotopic (exact) mass is 304 g/mol. The van der Waals surface area contributed by atoms with Gasteiger partial charge in [0.25, 0.3) is 0 Å². The van der Waals surface area contributed by atoms with Gasteiger partial charge in [-0.3, -0.25) is 0 Å². The Morgan fingerprint density at radius 2 is 1.32 bits per heavy atom. The summed E-state index contributed by atoms with van der Waals surface area (Å²) in [5.74, 6) is 2.14. The van der Waals surface area contributed by atoms with Crippen LogP contribution < -0.4 is 9.80 Å². The van der Waals surface area contributed by atoms with Crippen molar-refractivity contribution in [2.45, 2.75) is 24.9 Å². The van der Waals surface area contributed by atoms with E-state index in [2.05, 4.69) is 63.8 Å². The molecular formula is C16H28N6. The number of nitrogens with zero attached hydrogens (tertiary/aromatic N) is 6. The van der Waals surface area contributed by atoms with Gasteiger partial charge in [0.2, 0.25) is 0 Å². The van der Waals surface area contributed by atoms with Gasteiger partial charge in [-0.25, -0.2) is 9.97 Å². The zero-order chi connectivity index (χ0) is 15.7. The van der Waals surface area contributed by atoms with Gasteiger partial charge in [0.1, 0.15) is 18.0 Å². The van der Waals surface area contributed by atoms with E-state index in [0.29, 0.717) is 12.1 Å². The summed E-state index contributed by atoms with van der Waals surface area (Å²) in [5.41, 5.74) is 0. The predicted octanol–water partition coefficient (Wildman–Crippen LogP) is 0.757. The highest BCUT2D eigenvalue weighted by Crippen LogP contribution is 2.25. The minimum atomic E-state index is 0.628. The summed E-state index contributed by atoms with van der Waals surface area (Å²) >= 11 is 0. The normalized spacial score (nSPS) is 25.7. The molecule has 0 aliphatic carbocycles. The van der Waals surface area contributed by atoms with Crippen molar-refractivity contribution in [1.29, 1.82) is 0 Å². The molecule has 0 unspecified atom stereocenters. The lowest BCUT2D eigenvalue weighted by Crippen LogP contribution is -2.32. The average molecular weight is 304 g/mol. The molecule has 2 saturated heterocycles. The molecular weight excluding hydrogens is 276 g/mol. The van der Waals surface area contributed by atoms with Gasteiger partial charge in [-0.1, -0.05) is 0 Å². The van der Waals surface area contributed by atoms with Gasteiger partial charge >= 0.3 is 0 Å². The quantitative estimate of drug-likeness (QED) is 0.818. The molecule has 22 heavy (non-hydrogen) atoms. The van der Waals surface area contributed by atoms with Crippen LogP contribution in [0.25, 0.3) is 0 Å². The molecule has 6 nitrogen and oxygen atoms in total. The lowest BCUT2D eigenvalue weighted by Gasteiger charge is -2.23. The summed E-state index contributed by atoms with van der Waals surface area (Å²) in [6.45, 7) is 4.28. The summed E-state index contributed by atoms with van der Waals surface area (Å²) in [5, 5.41) is 0. The molecule has 0 N–H and O–H groups in total. The van der Waals surface area contributed by atoms with Crippen LogP contribution in [0.3, 0.4) is 0 Å².